The summed E-state index contributed by atoms with van der Waals surface area (Å²) in [5.74, 6) is -0.567. The monoisotopic (exact) mass is 287 g/mol. The number of rotatable bonds is 3. The van der Waals surface area contributed by atoms with Gasteiger partial charge in [0, 0.05) is 18.0 Å². The highest BCUT2D eigenvalue weighted by Gasteiger charge is 2.18. The van der Waals surface area contributed by atoms with Gasteiger partial charge in [-0.15, -0.1) is 17.0 Å². The van der Waals surface area contributed by atoms with E-state index in [0.717, 1.165) is 0 Å². The maximum Gasteiger partial charge on any atom is 0.358 e. The summed E-state index contributed by atoms with van der Waals surface area (Å²) in [4.78, 5) is 14.7. The first kappa shape index (κ1) is 12.4. The lowest BCUT2D eigenvalue weighted by Gasteiger charge is -2.00. The zero-order chi connectivity index (χ0) is 10.8. The minimum Gasteiger partial charge on any atom is -0.476 e. The number of carbonyl (C=O) groups is 1. The molecule has 0 unspecified atom stereocenters. The average molecular weight is 288 g/mol. The summed E-state index contributed by atoms with van der Waals surface area (Å²) in [5, 5.41) is 12.3. The van der Waals surface area contributed by atoms with Crippen LogP contribution in [0.1, 0.15) is 21.8 Å². The molecule has 2 aromatic rings. The van der Waals surface area contributed by atoms with Crippen LogP contribution in [0.2, 0.25) is 0 Å². The predicted molar refractivity (Wildman–Crippen MR) is 59.9 cm³/mol. The Morgan fingerprint density at radius 3 is 2.94 bits per heavy atom. The van der Waals surface area contributed by atoms with E-state index in [2.05, 4.69) is 10.1 Å². The molecule has 0 bridgehead atoms. The molecule has 0 radical (unpaired) electrons. The molecule has 0 fully saturated rings. The molecule has 16 heavy (non-hydrogen) atoms. The van der Waals surface area contributed by atoms with Crippen LogP contribution in [-0.2, 0) is 6.54 Å². The Hall–Kier alpha value is -1.63. The fraction of sp³-hybridized carbons (Fsp3) is 0.222. The molecule has 0 saturated carbocycles. The van der Waals surface area contributed by atoms with Gasteiger partial charge in [-0.3, -0.25) is 0 Å². The van der Waals surface area contributed by atoms with Crippen LogP contribution in [0.15, 0.2) is 23.2 Å². The number of imidazole rings is 1. The second kappa shape index (κ2) is 4.93. The first-order valence-electron chi connectivity index (χ1n) is 4.32. The van der Waals surface area contributed by atoms with Crippen LogP contribution < -0.4 is 0 Å². The molecule has 0 aliphatic heterocycles. The lowest BCUT2D eigenvalue weighted by molar-refractivity contribution is 0.0684. The van der Waals surface area contributed by atoms with Gasteiger partial charge in [0.15, 0.2) is 5.69 Å². The molecule has 0 amide bonds. The quantitative estimate of drug-likeness (QED) is 0.925. The second-order valence-electron chi connectivity index (χ2n) is 3.11. The zero-order valence-corrected chi connectivity index (χ0v) is 10.2. The average Bonchev–Trinajstić information content (AvgIpc) is 2.78. The van der Waals surface area contributed by atoms with E-state index in [1.165, 1.54) is 0 Å². The van der Waals surface area contributed by atoms with Crippen molar-refractivity contribution in [2.45, 2.75) is 13.5 Å². The molecule has 2 aromatic heterocycles. The van der Waals surface area contributed by atoms with Gasteiger partial charge in [-0.1, -0.05) is 5.16 Å². The van der Waals surface area contributed by atoms with E-state index in [4.69, 9.17) is 9.63 Å². The van der Waals surface area contributed by atoms with E-state index < -0.39 is 5.97 Å². The van der Waals surface area contributed by atoms with Crippen LogP contribution in [0.3, 0.4) is 0 Å². The third-order valence-electron chi connectivity index (χ3n) is 2.09. The fourth-order valence-electron chi connectivity index (χ4n) is 1.31. The van der Waals surface area contributed by atoms with Gasteiger partial charge < -0.3 is 14.2 Å². The van der Waals surface area contributed by atoms with E-state index in [-0.39, 0.29) is 22.7 Å². The lowest BCUT2D eigenvalue weighted by Crippen LogP contribution is -2.05. The summed E-state index contributed by atoms with van der Waals surface area (Å²) < 4.78 is 6.60. The molecular formula is C9H10BrN3O3. The largest absolute Gasteiger partial charge is 0.476 e. The number of carboxylic acid groups (broad SMARTS) is 1. The molecule has 2 rings (SSSR count). The highest BCUT2D eigenvalue weighted by Crippen LogP contribution is 2.14. The first-order chi connectivity index (χ1) is 7.18. The smallest absolute Gasteiger partial charge is 0.358 e. The normalized spacial score (nSPS) is 9.81. The number of aromatic carboxylic acids is 1. The third kappa shape index (κ3) is 2.30. The molecule has 7 heteroatoms. The molecule has 0 spiro atoms. The van der Waals surface area contributed by atoms with Crippen molar-refractivity contribution in [3.63, 3.8) is 0 Å². The van der Waals surface area contributed by atoms with Crippen molar-refractivity contribution in [3.05, 3.63) is 35.7 Å². The van der Waals surface area contributed by atoms with Crippen LogP contribution in [0, 0.1) is 6.92 Å². The van der Waals surface area contributed by atoms with Crippen LogP contribution in [-0.4, -0.2) is 25.8 Å². The molecule has 0 aliphatic rings. The molecule has 0 atom stereocenters. The van der Waals surface area contributed by atoms with E-state index in [9.17, 15) is 4.79 Å². The molecule has 2 heterocycles. The Morgan fingerprint density at radius 2 is 2.38 bits per heavy atom. The lowest BCUT2D eigenvalue weighted by atomic mass is 10.2. The number of aromatic nitrogens is 3. The second-order valence-corrected chi connectivity index (χ2v) is 3.11. The topological polar surface area (TPSA) is 81.1 Å². The van der Waals surface area contributed by atoms with Crippen molar-refractivity contribution < 1.29 is 14.4 Å². The molecular weight excluding hydrogens is 278 g/mol. The van der Waals surface area contributed by atoms with Crippen molar-refractivity contribution in [2.24, 2.45) is 0 Å². The molecule has 0 aliphatic carbocycles. The van der Waals surface area contributed by atoms with Crippen LogP contribution in [0.5, 0.6) is 0 Å². The van der Waals surface area contributed by atoms with E-state index in [1.54, 1.807) is 30.2 Å². The number of hydrogen-bond donors (Lipinski definition) is 1. The zero-order valence-electron chi connectivity index (χ0n) is 8.45. The molecule has 0 aromatic carbocycles. The summed E-state index contributed by atoms with van der Waals surface area (Å²) in [6.07, 6.45) is 4.99. The minimum absolute atomic E-state index is 0. The van der Waals surface area contributed by atoms with Gasteiger partial charge in [0.05, 0.1) is 12.9 Å². The molecule has 1 N–H and O–H groups in total. The molecule has 86 valence electrons. The summed E-state index contributed by atoms with van der Waals surface area (Å²) in [6.45, 7) is 2.09. The maximum atomic E-state index is 10.8. The fourth-order valence-corrected chi connectivity index (χ4v) is 1.31. The number of hydrogen-bond acceptors (Lipinski definition) is 4. The summed E-state index contributed by atoms with van der Waals surface area (Å²) >= 11 is 0. The van der Waals surface area contributed by atoms with Gasteiger partial charge in [-0.25, -0.2) is 9.78 Å². The number of carboxylic acids is 1. The predicted octanol–water partition coefficient (Wildman–Crippen LogP) is 1.50. The summed E-state index contributed by atoms with van der Waals surface area (Å²) in [7, 11) is 0. The SMILES string of the molecule is Br.Cc1onc(C(=O)O)c1Cn1ccnc1. The highest BCUT2D eigenvalue weighted by atomic mass is 79.9. The highest BCUT2D eigenvalue weighted by molar-refractivity contribution is 8.93. The van der Waals surface area contributed by atoms with E-state index in [1.807, 2.05) is 0 Å². The number of nitrogens with zero attached hydrogens (tertiary/aromatic N) is 3. The van der Waals surface area contributed by atoms with Crippen molar-refractivity contribution in [1.29, 1.82) is 0 Å². The number of halogens is 1. The maximum absolute atomic E-state index is 10.8. The Balaban J connectivity index is 0.00000128. The van der Waals surface area contributed by atoms with Crippen LogP contribution in [0.25, 0.3) is 0 Å². The Bertz CT molecular complexity index is 478. The van der Waals surface area contributed by atoms with E-state index in [0.29, 0.717) is 17.9 Å². The van der Waals surface area contributed by atoms with Crippen molar-refractivity contribution in [2.75, 3.05) is 0 Å². The van der Waals surface area contributed by atoms with Gasteiger partial charge in [0.25, 0.3) is 0 Å². The van der Waals surface area contributed by atoms with Crippen LogP contribution >= 0.6 is 17.0 Å². The molecule has 6 nitrogen and oxygen atoms in total. The van der Waals surface area contributed by atoms with Gasteiger partial charge in [-0.05, 0) is 6.92 Å². The van der Waals surface area contributed by atoms with Crippen molar-refractivity contribution in [3.8, 4) is 0 Å². The van der Waals surface area contributed by atoms with Gasteiger partial charge in [0.1, 0.15) is 5.76 Å². The Morgan fingerprint density at radius 1 is 1.62 bits per heavy atom. The van der Waals surface area contributed by atoms with Gasteiger partial charge in [-0.2, -0.15) is 0 Å². The van der Waals surface area contributed by atoms with Gasteiger partial charge in [0.2, 0.25) is 0 Å². The van der Waals surface area contributed by atoms with Gasteiger partial charge >= 0.3 is 5.97 Å². The summed E-state index contributed by atoms with van der Waals surface area (Å²) in [5.41, 5.74) is 0.529. The first-order valence-corrected chi connectivity index (χ1v) is 4.32. The Labute approximate surface area is 102 Å². The number of aryl methyl sites for hydroxylation is 1. The third-order valence-corrected chi connectivity index (χ3v) is 2.09. The minimum atomic E-state index is -1.08. The summed E-state index contributed by atoms with van der Waals surface area (Å²) in [6, 6.07) is 0. The standard InChI is InChI=1S/C9H9N3O3.BrH/c1-6-7(4-12-3-2-10-5-12)8(9(13)14)11-15-6;/h2-3,5H,4H2,1H3,(H,13,14);1H. The van der Waals surface area contributed by atoms with Crippen molar-refractivity contribution >= 4 is 23.0 Å². The van der Waals surface area contributed by atoms with Crippen molar-refractivity contribution in [1.82, 2.24) is 14.7 Å². The van der Waals surface area contributed by atoms with E-state index >= 15 is 0 Å². The molecule has 0 saturated heterocycles. The Kier molecular flexibility index (Phi) is 3.83. The van der Waals surface area contributed by atoms with Crippen LogP contribution in [0.4, 0.5) is 0 Å².